The molecular formula is C17H23N3O2. The molecule has 0 aromatic heterocycles. The second-order valence-electron chi connectivity index (χ2n) is 6.30. The Hall–Kier alpha value is -1.88. The number of piperidine rings is 1. The maximum atomic E-state index is 12.0. The number of carbonyl (C=O) groups is 2. The molecule has 3 rings (SSSR count). The van der Waals surface area contributed by atoms with Crippen LogP contribution >= 0.6 is 0 Å². The van der Waals surface area contributed by atoms with E-state index in [1.165, 1.54) is 11.3 Å². The molecule has 5 nitrogen and oxygen atoms in total. The molecule has 118 valence electrons. The maximum absolute atomic E-state index is 12.0. The number of benzene rings is 1. The second kappa shape index (κ2) is 6.08. The first-order chi connectivity index (χ1) is 10.6. The molecule has 2 fully saturated rings. The van der Waals surface area contributed by atoms with Crippen molar-refractivity contribution >= 4 is 17.5 Å². The molecule has 5 heteroatoms. The highest BCUT2D eigenvalue weighted by atomic mass is 16.2. The third-order valence-electron chi connectivity index (χ3n) is 4.67. The van der Waals surface area contributed by atoms with Crippen LogP contribution in [0.4, 0.5) is 5.69 Å². The highest BCUT2D eigenvalue weighted by Crippen LogP contribution is 2.30. The first kappa shape index (κ1) is 15.0. The van der Waals surface area contributed by atoms with Gasteiger partial charge in [-0.25, -0.2) is 0 Å². The van der Waals surface area contributed by atoms with Crippen LogP contribution in [0.2, 0.25) is 0 Å². The first-order valence-corrected chi connectivity index (χ1v) is 7.98. The van der Waals surface area contributed by atoms with Crippen LogP contribution in [0.15, 0.2) is 18.2 Å². The van der Waals surface area contributed by atoms with Gasteiger partial charge in [0.15, 0.2) is 0 Å². The Morgan fingerprint density at radius 2 is 2.09 bits per heavy atom. The molecule has 2 aliphatic rings. The lowest BCUT2D eigenvalue weighted by Crippen LogP contribution is -2.50. The average Bonchev–Trinajstić information content (AvgIpc) is 2.48. The van der Waals surface area contributed by atoms with Crippen molar-refractivity contribution in [1.82, 2.24) is 10.6 Å². The molecule has 0 radical (unpaired) electrons. The van der Waals surface area contributed by atoms with Crippen molar-refractivity contribution in [3.8, 4) is 0 Å². The summed E-state index contributed by atoms with van der Waals surface area (Å²) in [6, 6.07) is 6.73. The minimum atomic E-state index is -0.203. The Labute approximate surface area is 131 Å². The molecule has 2 atom stereocenters. The van der Waals surface area contributed by atoms with Gasteiger partial charge < -0.3 is 10.2 Å². The minimum absolute atomic E-state index is 0.163. The standard InChI is InChI=1S/C17H23N3O2/c1-11-9-13(14-4-6-16(21)19-17(14)22)3-5-15(11)20-8-7-18-10-12(20)2/h3,5,9,12,14,18H,4,6-8,10H2,1-2H3,(H,19,21,22)/t12-,14?/m1/s1. The number of piperazine rings is 1. The van der Waals surface area contributed by atoms with E-state index in [4.69, 9.17) is 0 Å². The summed E-state index contributed by atoms with van der Waals surface area (Å²) in [4.78, 5) is 25.7. The monoisotopic (exact) mass is 301 g/mol. The number of rotatable bonds is 2. The van der Waals surface area contributed by atoms with Crippen molar-refractivity contribution in [3.63, 3.8) is 0 Å². The van der Waals surface area contributed by atoms with Gasteiger partial charge in [-0.1, -0.05) is 12.1 Å². The van der Waals surface area contributed by atoms with Gasteiger partial charge in [0.05, 0.1) is 5.92 Å². The highest BCUT2D eigenvalue weighted by Gasteiger charge is 2.28. The van der Waals surface area contributed by atoms with Gasteiger partial charge in [0.25, 0.3) is 0 Å². The molecule has 2 saturated heterocycles. The number of aryl methyl sites for hydroxylation is 1. The summed E-state index contributed by atoms with van der Waals surface area (Å²) in [6.07, 6.45) is 1.03. The second-order valence-corrected chi connectivity index (χ2v) is 6.30. The lowest BCUT2D eigenvalue weighted by molar-refractivity contribution is -0.134. The molecule has 2 amide bonds. The van der Waals surface area contributed by atoms with Crippen molar-refractivity contribution in [2.24, 2.45) is 0 Å². The first-order valence-electron chi connectivity index (χ1n) is 7.98. The van der Waals surface area contributed by atoms with E-state index in [1.807, 2.05) is 6.07 Å². The zero-order valence-electron chi connectivity index (χ0n) is 13.2. The van der Waals surface area contributed by atoms with Gasteiger partial charge in [-0.15, -0.1) is 0 Å². The summed E-state index contributed by atoms with van der Waals surface area (Å²) < 4.78 is 0. The van der Waals surface area contributed by atoms with Gasteiger partial charge in [-0.05, 0) is 37.5 Å². The third-order valence-corrected chi connectivity index (χ3v) is 4.67. The van der Waals surface area contributed by atoms with E-state index in [9.17, 15) is 9.59 Å². The SMILES string of the molecule is Cc1cc(C2CCC(=O)NC2=O)ccc1N1CCNC[C@H]1C. The molecule has 0 aliphatic carbocycles. The number of nitrogens with zero attached hydrogens (tertiary/aromatic N) is 1. The Balaban J connectivity index is 1.83. The number of imide groups is 1. The molecule has 0 spiro atoms. The summed E-state index contributed by atoms with van der Waals surface area (Å²) in [5.41, 5.74) is 3.44. The fraction of sp³-hybridized carbons (Fsp3) is 0.529. The molecule has 0 saturated carbocycles. The molecule has 0 bridgehead atoms. The van der Waals surface area contributed by atoms with Crippen LogP contribution < -0.4 is 15.5 Å². The zero-order valence-corrected chi connectivity index (χ0v) is 13.2. The van der Waals surface area contributed by atoms with Crippen LogP contribution in [0.5, 0.6) is 0 Å². The van der Waals surface area contributed by atoms with Crippen LogP contribution in [-0.2, 0) is 9.59 Å². The number of hydrogen-bond donors (Lipinski definition) is 2. The molecule has 1 unspecified atom stereocenters. The fourth-order valence-electron chi connectivity index (χ4n) is 3.43. The summed E-state index contributed by atoms with van der Waals surface area (Å²) in [5, 5.41) is 5.84. The van der Waals surface area contributed by atoms with Crippen molar-refractivity contribution in [2.75, 3.05) is 24.5 Å². The van der Waals surface area contributed by atoms with Crippen molar-refractivity contribution in [2.45, 2.75) is 38.6 Å². The topological polar surface area (TPSA) is 61.4 Å². The van der Waals surface area contributed by atoms with E-state index in [2.05, 4.69) is 41.5 Å². The van der Waals surface area contributed by atoms with Crippen LogP contribution in [0.25, 0.3) is 0 Å². The van der Waals surface area contributed by atoms with Crippen molar-refractivity contribution in [1.29, 1.82) is 0 Å². The Kier molecular flexibility index (Phi) is 4.16. The molecule has 1 aromatic carbocycles. The van der Waals surface area contributed by atoms with Gasteiger partial charge in [0.2, 0.25) is 11.8 Å². The zero-order chi connectivity index (χ0) is 15.7. The van der Waals surface area contributed by atoms with Gasteiger partial charge in [0.1, 0.15) is 0 Å². The molecule has 2 heterocycles. The van der Waals surface area contributed by atoms with Crippen LogP contribution in [0, 0.1) is 6.92 Å². The smallest absolute Gasteiger partial charge is 0.234 e. The quantitative estimate of drug-likeness (QED) is 0.809. The lowest BCUT2D eigenvalue weighted by atomic mass is 9.89. The molecule has 2 N–H and O–H groups in total. The van der Waals surface area contributed by atoms with E-state index in [-0.39, 0.29) is 17.7 Å². The predicted molar refractivity (Wildman–Crippen MR) is 86.0 cm³/mol. The van der Waals surface area contributed by atoms with E-state index in [0.717, 1.165) is 25.2 Å². The van der Waals surface area contributed by atoms with E-state index in [1.54, 1.807) is 0 Å². The molecule has 2 aliphatic heterocycles. The van der Waals surface area contributed by atoms with Crippen LogP contribution in [-0.4, -0.2) is 37.5 Å². The number of hydrogen-bond acceptors (Lipinski definition) is 4. The summed E-state index contributed by atoms with van der Waals surface area (Å²) in [6.45, 7) is 7.31. The number of amides is 2. The maximum Gasteiger partial charge on any atom is 0.234 e. The van der Waals surface area contributed by atoms with Gasteiger partial charge in [-0.3, -0.25) is 14.9 Å². The van der Waals surface area contributed by atoms with Crippen molar-refractivity contribution in [3.05, 3.63) is 29.3 Å². The van der Waals surface area contributed by atoms with Gasteiger partial charge >= 0.3 is 0 Å². The number of carbonyl (C=O) groups excluding carboxylic acids is 2. The number of anilines is 1. The highest BCUT2D eigenvalue weighted by molar-refractivity contribution is 6.01. The summed E-state index contributed by atoms with van der Waals surface area (Å²) in [7, 11) is 0. The van der Waals surface area contributed by atoms with E-state index < -0.39 is 0 Å². The van der Waals surface area contributed by atoms with Crippen molar-refractivity contribution < 1.29 is 9.59 Å². The third kappa shape index (κ3) is 2.86. The minimum Gasteiger partial charge on any atom is -0.366 e. The Morgan fingerprint density at radius 1 is 1.27 bits per heavy atom. The van der Waals surface area contributed by atoms with E-state index in [0.29, 0.717) is 18.9 Å². The largest absolute Gasteiger partial charge is 0.366 e. The van der Waals surface area contributed by atoms with E-state index >= 15 is 0 Å². The van der Waals surface area contributed by atoms with Gasteiger partial charge in [0, 0.05) is 37.8 Å². The predicted octanol–water partition coefficient (Wildman–Crippen LogP) is 1.31. The fourth-order valence-corrected chi connectivity index (χ4v) is 3.43. The average molecular weight is 301 g/mol. The molecule has 1 aromatic rings. The molecular weight excluding hydrogens is 278 g/mol. The Bertz CT molecular complexity index is 600. The summed E-state index contributed by atoms with van der Waals surface area (Å²) in [5.74, 6) is -0.533. The molecule has 22 heavy (non-hydrogen) atoms. The van der Waals surface area contributed by atoms with Gasteiger partial charge in [-0.2, -0.15) is 0 Å². The lowest BCUT2D eigenvalue weighted by Gasteiger charge is -2.37. The Morgan fingerprint density at radius 3 is 2.77 bits per heavy atom. The van der Waals surface area contributed by atoms with Crippen LogP contribution in [0.1, 0.15) is 36.8 Å². The number of nitrogens with one attached hydrogen (secondary N) is 2. The normalized spacial score (nSPS) is 26.0. The summed E-state index contributed by atoms with van der Waals surface area (Å²) >= 11 is 0. The van der Waals surface area contributed by atoms with Crippen LogP contribution in [0.3, 0.4) is 0 Å².